The predicted molar refractivity (Wildman–Crippen MR) is 75.2 cm³/mol. The molecule has 0 aromatic rings. The third-order valence-electron chi connectivity index (χ3n) is 3.50. The zero-order valence-electron chi connectivity index (χ0n) is 11.6. The van der Waals surface area contributed by atoms with Gasteiger partial charge in [0.15, 0.2) is 0 Å². The van der Waals surface area contributed by atoms with Crippen LogP contribution in [0.3, 0.4) is 0 Å². The minimum absolute atomic E-state index is 0.249. The molecule has 0 aliphatic carbocycles. The number of nitrogens with one attached hydrogen (secondary N) is 2. The van der Waals surface area contributed by atoms with Gasteiger partial charge in [-0.2, -0.15) is 0 Å². The fourth-order valence-electron chi connectivity index (χ4n) is 2.28. The first kappa shape index (κ1) is 15.9. The lowest BCUT2D eigenvalue weighted by Gasteiger charge is -2.14. The van der Waals surface area contributed by atoms with Crippen molar-refractivity contribution in [1.29, 1.82) is 0 Å². The van der Waals surface area contributed by atoms with Crippen LogP contribution >= 0.6 is 0 Å². The molecule has 5 nitrogen and oxygen atoms in total. The third-order valence-corrected chi connectivity index (χ3v) is 4.93. The molecule has 1 fully saturated rings. The summed E-state index contributed by atoms with van der Waals surface area (Å²) in [5, 5.41) is 3.02. The van der Waals surface area contributed by atoms with Crippen LogP contribution in [0.15, 0.2) is 0 Å². The first-order valence-electron chi connectivity index (χ1n) is 6.91. The quantitative estimate of drug-likeness (QED) is 0.593. The van der Waals surface area contributed by atoms with Crippen molar-refractivity contribution in [1.82, 2.24) is 14.9 Å². The van der Waals surface area contributed by atoms with Gasteiger partial charge in [-0.3, -0.25) is 0 Å². The summed E-state index contributed by atoms with van der Waals surface area (Å²) in [6.07, 6.45) is 2.74. The average molecular weight is 277 g/mol. The van der Waals surface area contributed by atoms with Gasteiger partial charge in [0.25, 0.3) is 0 Å². The van der Waals surface area contributed by atoms with Gasteiger partial charge in [-0.05, 0) is 51.9 Å². The number of sulfonamides is 1. The Kier molecular flexibility index (Phi) is 7.14. The lowest BCUT2D eigenvalue weighted by molar-refractivity contribution is 0.342. The van der Waals surface area contributed by atoms with Gasteiger partial charge in [-0.15, -0.1) is 0 Å². The smallest absolute Gasteiger partial charge is 0.211 e. The molecule has 1 atom stereocenters. The first-order valence-corrected chi connectivity index (χ1v) is 8.57. The first-order chi connectivity index (χ1) is 8.57. The van der Waals surface area contributed by atoms with Crippen molar-refractivity contribution in [3.05, 3.63) is 0 Å². The molecule has 1 saturated heterocycles. The normalized spacial score (nSPS) is 21.6. The second kappa shape index (κ2) is 8.09. The van der Waals surface area contributed by atoms with Gasteiger partial charge in [0.05, 0.1) is 5.75 Å². The van der Waals surface area contributed by atoms with Crippen molar-refractivity contribution < 1.29 is 8.42 Å². The maximum Gasteiger partial charge on any atom is 0.211 e. The Morgan fingerprint density at radius 2 is 2.11 bits per heavy atom. The van der Waals surface area contributed by atoms with E-state index in [2.05, 4.69) is 21.9 Å². The molecular formula is C12H27N3O2S. The highest BCUT2D eigenvalue weighted by Gasteiger charge is 2.22. The van der Waals surface area contributed by atoms with Crippen LogP contribution in [0.25, 0.3) is 0 Å². The summed E-state index contributed by atoms with van der Waals surface area (Å²) in [6.45, 7) is 6.82. The van der Waals surface area contributed by atoms with E-state index < -0.39 is 10.0 Å². The Labute approximate surface area is 111 Å². The van der Waals surface area contributed by atoms with Crippen LogP contribution < -0.4 is 10.0 Å². The molecule has 18 heavy (non-hydrogen) atoms. The highest BCUT2D eigenvalue weighted by molar-refractivity contribution is 7.89. The Balaban J connectivity index is 2.17. The van der Waals surface area contributed by atoms with Crippen LogP contribution in [0.1, 0.15) is 26.2 Å². The molecule has 1 unspecified atom stereocenters. The van der Waals surface area contributed by atoms with Crippen molar-refractivity contribution in [2.75, 3.05) is 45.5 Å². The summed E-state index contributed by atoms with van der Waals surface area (Å²) >= 11 is 0. The molecule has 0 spiro atoms. The Bertz CT molecular complexity index is 319. The van der Waals surface area contributed by atoms with Crippen LogP contribution in [0.2, 0.25) is 0 Å². The minimum Gasteiger partial charge on any atom is -0.320 e. The zero-order chi connectivity index (χ0) is 13.4. The van der Waals surface area contributed by atoms with Gasteiger partial charge < -0.3 is 10.2 Å². The number of hydrogen-bond acceptors (Lipinski definition) is 4. The lowest BCUT2D eigenvalue weighted by Crippen LogP contribution is -2.32. The van der Waals surface area contributed by atoms with Gasteiger partial charge in [0.1, 0.15) is 0 Å². The molecule has 0 saturated carbocycles. The van der Waals surface area contributed by atoms with E-state index in [1.54, 1.807) is 0 Å². The van der Waals surface area contributed by atoms with E-state index in [1.165, 1.54) is 0 Å². The number of hydrogen-bond donors (Lipinski definition) is 2. The van der Waals surface area contributed by atoms with E-state index in [4.69, 9.17) is 0 Å². The highest BCUT2D eigenvalue weighted by Crippen LogP contribution is 2.14. The zero-order valence-corrected chi connectivity index (χ0v) is 12.4. The largest absolute Gasteiger partial charge is 0.320 e. The summed E-state index contributed by atoms with van der Waals surface area (Å²) in [4.78, 5) is 2.37. The Morgan fingerprint density at radius 1 is 1.33 bits per heavy atom. The van der Waals surface area contributed by atoms with Crippen molar-refractivity contribution in [2.45, 2.75) is 26.2 Å². The van der Waals surface area contributed by atoms with Crippen LogP contribution in [-0.4, -0.2) is 58.8 Å². The van der Waals surface area contributed by atoms with Crippen molar-refractivity contribution in [3.63, 3.8) is 0 Å². The summed E-state index contributed by atoms with van der Waals surface area (Å²) in [7, 11) is -1.19. The summed E-state index contributed by atoms with van der Waals surface area (Å²) in [5.74, 6) is 0.732. The molecule has 0 radical (unpaired) electrons. The molecule has 6 heteroatoms. The van der Waals surface area contributed by atoms with E-state index in [0.717, 1.165) is 45.4 Å². The second-order valence-electron chi connectivity index (χ2n) is 5.03. The minimum atomic E-state index is -3.07. The lowest BCUT2D eigenvalue weighted by atomic mass is 10.1. The number of nitrogens with zero attached hydrogens (tertiary/aromatic N) is 1. The fraction of sp³-hybridized carbons (Fsp3) is 1.00. The molecule has 0 aromatic carbocycles. The van der Waals surface area contributed by atoms with Crippen molar-refractivity contribution in [2.24, 2.45) is 5.92 Å². The van der Waals surface area contributed by atoms with Gasteiger partial charge >= 0.3 is 0 Å². The summed E-state index contributed by atoms with van der Waals surface area (Å²) in [6, 6.07) is 0. The van der Waals surface area contributed by atoms with E-state index in [-0.39, 0.29) is 5.75 Å². The number of unbranched alkanes of at least 4 members (excludes halogenated alkanes) is 1. The van der Waals surface area contributed by atoms with Crippen LogP contribution in [-0.2, 0) is 10.0 Å². The molecular weight excluding hydrogens is 250 g/mol. The van der Waals surface area contributed by atoms with Gasteiger partial charge in [-0.1, -0.05) is 6.92 Å². The predicted octanol–water partition coefficient (Wildman–Crippen LogP) is 0.247. The molecule has 1 aliphatic rings. The van der Waals surface area contributed by atoms with E-state index in [9.17, 15) is 8.42 Å². The van der Waals surface area contributed by atoms with Gasteiger partial charge in [0, 0.05) is 13.1 Å². The van der Waals surface area contributed by atoms with E-state index in [1.807, 2.05) is 7.05 Å². The average Bonchev–Trinajstić information content (AvgIpc) is 2.80. The standard InChI is InChI=1S/C12H27N3O2S/c1-3-15-8-6-12(11-15)10-14-18(16,17)9-5-4-7-13-2/h12-14H,3-11H2,1-2H3. The molecule has 1 aliphatic heterocycles. The topological polar surface area (TPSA) is 61.4 Å². The van der Waals surface area contributed by atoms with Gasteiger partial charge in [0.2, 0.25) is 10.0 Å². The fourth-order valence-corrected chi connectivity index (χ4v) is 3.50. The summed E-state index contributed by atoms with van der Waals surface area (Å²) in [5.41, 5.74) is 0. The Morgan fingerprint density at radius 3 is 2.72 bits per heavy atom. The highest BCUT2D eigenvalue weighted by atomic mass is 32.2. The molecule has 108 valence electrons. The van der Waals surface area contributed by atoms with Crippen molar-refractivity contribution in [3.8, 4) is 0 Å². The molecule has 1 heterocycles. The number of likely N-dealkylation sites (tertiary alicyclic amines) is 1. The molecule has 0 bridgehead atoms. The van der Waals surface area contributed by atoms with Crippen LogP contribution in [0.5, 0.6) is 0 Å². The summed E-state index contributed by atoms with van der Waals surface area (Å²) < 4.78 is 26.3. The Hall–Kier alpha value is -0.170. The number of rotatable bonds is 9. The maximum atomic E-state index is 11.8. The van der Waals surface area contributed by atoms with Gasteiger partial charge in [-0.25, -0.2) is 13.1 Å². The van der Waals surface area contributed by atoms with E-state index >= 15 is 0 Å². The van der Waals surface area contributed by atoms with Crippen LogP contribution in [0.4, 0.5) is 0 Å². The maximum absolute atomic E-state index is 11.8. The second-order valence-corrected chi connectivity index (χ2v) is 6.95. The van der Waals surface area contributed by atoms with Crippen LogP contribution in [0, 0.1) is 5.92 Å². The van der Waals surface area contributed by atoms with Crippen molar-refractivity contribution >= 4 is 10.0 Å². The third kappa shape index (κ3) is 6.13. The monoisotopic (exact) mass is 277 g/mol. The molecule has 1 rings (SSSR count). The van der Waals surface area contributed by atoms with E-state index in [0.29, 0.717) is 12.5 Å². The SMILES string of the molecule is CCN1CCC(CNS(=O)(=O)CCCCNC)C1. The molecule has 0 aromatic heterocycles. The molecule has 0 amide bonds. The molecule has 2 N–H and O–H groups in total.